The summed E-state index contributed by atoms with van der Waals surface area (Å²) in [6.07, 6.45) is 5.75. The van der Waals surface area contributed by atoms with Gasteiger partial charge in [-0.25, -0.2) is 18.1 Å². The molecular weight excluding hydrogens is 338 g/mol. The van der Waals surface area contributed by atoms with E-state index in [0.717, 1.165) is 36.5 Å². The van der Waals surface area contributed by atoms with E-state index in [-0.39, 0.29) is 23.5 Å². The van der Waals surface area contributed by atoms with Crippen molar-refractivity contribution < 1.29 is 8.42 Å². The maximum atomic E-state index is 12.0. The topological polar surface area (TPSA) is 82.7 Å². The van der Waals surface area contributed by atoms with Crippen molar-refractivity contribution in [2.24, 2.45) is 0 Å². The monoisotopic (exact) mass is 363 g/mol. The maximum absolute atomic E-state index is 12.0. The van der Waals surface area contributed by atoms with Crippen LogP contribution in [-0.4, -0.2) is 44.5 Å². The van der Waals surface area contributed by atoms with Gasteiger partial charge in [0.2, 0.25) is 0 Å². The largest absolute Gasteiger partial charge is 0.266 e. The van der Waals surface area contributed by atoms with Crippen molar-refractivity contribution in [3.63, 3.8) is 0 Å². The second-order valence-corrected chi connectivity index (χ2v) is 9.87. The van der Waals surface area contributed by atoms with Crippen molar-refractivity contribution in [1.82, 2.24) is 24.5 Å². The Morgan fingerprint density at radius 3 is 2.72 bits per heavy atom. The molecule has 2 aromatic heterocycles. The summed E-state index contributed by atoms with van der Waals surface area (Å²) in [4.78, 5) is 4.78. The molecule has 7 nitrogen and oxygen atoms in total. The second-order valence-electron chi connectivity index (χ2n) is 7.64. The van der Waals surface area contributed by atoms with Crippen LogP contribution in [0.5, 0.6) is 0 Å². The highest BCUT2D eigenvalue weighted by atomic mass is 32.2. The summed E-state index contributed by atoms with van der Waals surface area (Å²) in [5.41, 5.74) is 2.21. The molecule has 2 atom stereocenters. The minimum atomic E-state index is -2.98. The fourth-order valence-electron chi connectivity index (χ4n) is 3.88. The average molecular weight is 363 g/mol. The van der Waals surface area contributed by atoms with E-state index in [1.54, 1.807) is 0 Å². The lowest BCUT2D eigenvalue weighted by molar-refractivity contribution is 0.393. The van der Waals surface area contributed by atoms with Crippen LogP contribution in [0.2, 0.25) is 0 Å². The normalized spacial score (nSPS) is 25.4. The van der Waals surface area contributed by atoms with Gasteiger partial charge in [0, 0.05) is 17.7 Å². The Kier molecular flexibility index (Phi) is 3.97. The van der Waals surface area contributed by atoms with E-state index in [1.807, 2.05) is 10.9 Å². The zero-order valence-electron chi connectivity index (χ0n) is 15.0. The minimum Gasteiger partial charge on any atom is -0.266 e. The van der Waals surface area contributed by atoms with Crippen LogP contribution in [0.4, 0.5) is 0 Å². The molecule has 0 amide bonds. The van der Waals surface area contributed by atoms with Gasteiger partial charge in [-0.15, -0.1) is 0 Å². The molecule has 25 heavy (non-hydrogen) atoms. The Morgan fingerprint density at radius 2 is 2.04 bits per heavy atom. The minimum absolute atomic E-state index is 0.128. The summed E-state index contributed by atoms with van der Waals surface area (Å²) in [5, 5.41) is 9.27. The molecule has 2 aliphatic rings. The third-order valence-corrected chi connectivity index (χ3v) is 7.06. The van der Waals surface area contributed by atoms with Crippen molar-refractivity contribution in [2.75, 3.05) is 11.5 Å². The molecule has 2 aromatic rings. The summed E-state index contributed by atoms with van der Waals surface area (Å²) in [7, 11) is -2.98. The lowest BCUT2D eigenvalue weighted by Gasteiger charge is -2.22. The van der Waals surface area contributed by atoms with Gasteiger partial charge < -0.3 is 0 Å². The molecule has 0 aliphatic carbocycles. The molecular formula is C17H25N5O2S. The fraction of sp³-hybridized carbons (Fsp3) is 0.706. The molecule has 4 rings (SSSR count). The Balaban J connectivity index is 1.82. The molecule has 0 spiro atoms. The third-order valence-electron chi connectivity index (χ3n) is 5.31. The number of hydrogen-bond donors (Lipinski definition) is 0. The van der Waals surface area contributed by atoms with Crippen molar-refractivity contribution >= 4 is 9.84 Å². The van der Waals surface area contributed by atoms with Crippen molar-refractivity contribution in [3.05, 3.63) is 17.7 Å². The lowest BCUT2D eigenvalue weighted by atomic mass is 10.0. The van der Waals surface area contributed by atoms with Crippen molar-refractivity contribution in [1.29, 1.82) is 0 Å². The molecule has 136 valence electrons. The highest BCUT2D eigenvalue weighted by molar-refractivity contribution is 7.91. The third kappa shape index (κ3) is 2.90. The van der Waals surface area contributed by atoms with Crippen molar-refractivity contribution in [3.8, 4) is 11.4 Å². The highest BCUT2D eigenvalue weighted by Crippen LogP contribution is 2.34. The molecule has 1 saturated heterocycles. The highest BCUT2D eigenvalue weighted by Gasteiger charge is 2.33. The standard InChI is InChI=1S/C17H25N5O2S/c1-11(2)16-19-17(22(20-16)13-7-8-25(23,24)10-13)14-9-18-21-12(3)5-4-6-15(14)21/h9,11-13H,4-8,10H2,1-3H3. The van der Waals surface area contributed by atoms with Crippen molar-refractivity contribution in [2.45, 2.75) is 64.5 Å². The first kappa shape index (κ1) is 16.8. The van der Waals surface area contributed by atoms with Crippen LogP contribution in [0, 0.1) is 0 Å². The zero-order valence-corrected chi connectivity index (χ0v) is 15.8. The molecule has 8 heteroatoms. The summed E-state index contributed by atoms with van der Waals surface area (Å²) in [5.74, 6) is 2.13. The van der Waals surface area contributed by atoms with Crippen LogP contribution in [0.1, 0.15) is 69.6 Å². The van der Waals surface area contributed by atoms with E-state index in [9.17, 15) is 8.42 Å². The summed E-state index contributed by atoms with van der Waals surface area (Å²) < 4.78 is 27.9. The first-order chi connectivity index (χ1) is 11.9. The molecule has 0 N–H and O–H groups in total. The quantitative estimate of drug-likeness (QED) is 0.837. The number of rotatable bonds is 3. The Morgan fingerprint density at radius 1 is 1.24 bits per heavy atom. The van der Waals surface area contributed by atoms with Gasteiger partial charge in [-0.2, -0.15) is 10.2 Å². The van der Waals surface area contributed by atoms with E-state index in [2.05, 4.69) is 35.7 Å². The van der Waals surface area contributed by atoms with Gasteiger partial charge in [0.15, 0.2) is 21.5 Å². The molecule has 1 fully saturated rings. The van der Waals surface area contributed by atoms with Crippen LogP contribution >= 0.6 is 0 Å². The van der Waals surface area contributed by atoms with Gasteiger partial charge in [-0.3, -0.25) is 4.68 Å². The van der Waals surface area contributed by atoms with Gasteiger partial charge in [-0.1, -0.05) is 13.8 Å². The number of fused-ring (bicyclic) bond motifs is 1. The average Bonchev–Trinajstić information content (AvgIpc) is 3.23. The summed E-state index contributed by atoms with van der Waals surface area (Å²) in [6.45, 7) is 6.31. The Hall–Kier alpha value is -1.70. The van der Waals surface area contributed by atoms with E-state index in [0.29, 0.717) is 12.5 Å². The van der Waals surface area contributed by atoms with Crippen LogP contribution in [0.15, 0.2) is 6.20 Å². The number of nitrogens with zero attached hydrogens (tertiary/aromatic N) is 5. The number of sulfone groups is 1. The predicted octanol–water partition coefficient (Wildman–Crippen LogP) is 2.52. The fourth-order valence-corrected chi connectivity index (χ4v) is 5.57. The van der Waals surface area contributed by atoms with E-state index >= 15 is 0 Å². The molecule has 0 bridgehead atoms. The first-order valence-corrected chi connectivity index (χ1v) is 10.9. The number of aromatic nitrogens is 5. The lowest BCUT2D eigenvalue weighted by Crippen LogP contribution is -2.17. The maximum Gasteiger partial charge on any atom is 0.162 e. The molecule has 2 aliphatic heterocycles. The zero-order chi connectivity index (χ0) is 17.8. The van der Waals surface area contributed by atoms with Crippen LogP contribution in [0.3, 0.4) is 0 Å². The Bertz CT molecular complexity index is 896. The molecule has 2 unspecified atom stereocenters. The van der Waals surface area contributed by atoms with Crippen LogP contribution in [0.25, 0.3) is 11.4 Å². The molecule has 4 heterocycles. The second kappa shape index (κ2) is 5.93. The smallest absolute Gasteiger partial charge is 0.162 e. The van der Waals surface area contributed by atoms with E-state index in [4.69, 9.17) is 4.98 Å². The van der Waals surface area contributed by atoms with Gasteiger partial charge in [-0.05, 0) is 32.6 Å². The van der Waals surface area contributed by atoms with E-state index in [1.165, 1.54) is 5.69 Å². The number of hydrogen-bond acceptors (Lipinski definition) is 5. The van der Waals surface area contributed by atoms with Gasteiger partial charge >= 0.3 is 0 Å². The molecule has 0 aromatic carbocycles. The molecule has 0 saturated carbocycles. The predicted molar refractivity (Wildman–Crippen MR) is 95.3 cm³/mol. The molecule has 0 radical (unpaired) electrons. The summed E-state index contributed by atoms with van der Waals surface area (Å²) in [6, 6.07) is 0.266. The van der Waals surface area contributed by atoms with Crippen LogP contribution in [-0.2, 0) is 16.3 Å². The summed E-state index contributed by atoms with van der Waals surface area (Å²) >= 11 is 0. The Labute approximate surface area is 148 Å². The van der Waals surface area contributed by atoms with Crippen LogP contribution < -0.4 is 0 Å². The van der Waals surface area contributed by atoms with Gasteiger partial charge in [0.1, 0.15) is 0 Å². The van der Waals surface area contributed by atoms with E-state index < -0.39 is 9.84 Å². The SMILES string of the molecule is CC(C)c1nc(-c2cnn3c2CCCC3C)n(C2CCS(=O)(=O)C2)n1. The van der Waals surface area contributed by atoms with Gasteiger partial charge in [0.05, 0.1) is 29.3 Å². The van der Waals surface area contributed by atoms with Gasteiger partial charge in [0.25, 0.3) is 0 Å². The first-order valence-electron chi connectivity index (χ1n) is 9.09.